The highest BCUT2D eigenvalue weighted by atomic mass is 15.1. The summed E-state index contributed by atoms with van der Waals surface area (Å²) in [5.74, 6) is 0. The van der Waals surface area contributed by atoms with Crippen LogP contribution in [0.15, 0.2) is 18.3 Å². The molecule has 0 aliphatic carbocycles. The molecule has 1 heterocycles. The maximum absolute atomic E-state index is 5.79. The van der Waals surface area contributed by atoms with Crippen molar-refractivity contribution in [1.82, 2.24) is 14.8 Å². The fraction of sp³-hybridized carbons (Fsp3) is 0.667. The molecule has 1 aromatic rings. The molecule has 0 bridgehead atoms. The standard InChI is InChI=1S/C15H28N4/c1-4-18(5-2)10-7-11-19(6-3)13-15-12-14(16)8-9-17-15/h8-9,12H,4-7,10-11,13H2,1-3H3,(H2,16,17). The van der Waals surface area contributed by atoms with Crippen molar-refractivity contribution in [2.75, 3.05) is 38.5 Å². The van der Waals surface area contributed by atoms with Crippen molar-refractivity contribution in [3.63, 3.8) is 0 Å². The second-order valence-electron chi connectivity index (χ2n) is 4.83. The van der Waals surface area contributed by atoms with Gasteiger partial charge in [-0.1, -0.05) is 20.8 Å². The van der Waals surface area contributed by atoms with Gasteiger partial charge in [-0.2, -0.15) is 0 Å². The van der Waals surface area contributed by atoms with E-state index in [9.17, 15) is 0 Å². The first-order valence-corrected chi connectivity index (χ1v) is 7.34. The van der Waals surface area contributed by atoms with E-state index >= 15 is 0 Å². The van der Waals surface area contributed by atoms with Gasteiger partial charge in [0.05, 0.1) is 5.69 Å². The van der Waals surface area contributed by atoms with Gasteiger partial charge in [0.15, 0.2) is 0 Å². The van der Waals surface area contributed by atoms with E-state index in [1.165, 1.54) is 13.0 Å². The van der Waals surface area contributed by atoms with Crippen LogP contribution in [0.25, 0.3) is 0 Å². The van der Waals surface area contributed by atoms with Crippen LogP contribution in [-0.2, 0) is 6.54 Å². The number of aromatic nitrogens is 1. The summed E-state index contributed by atoms with van der Waals surface area (Å²) in [5.41, 5.74) is 7.64. The Hall–Kier alpha value is -1.13. The number of nitrogens with zero attached hydrogens (tertiary/aromatic N) is 3. The Labute approximate surface area is 117 Å². The van der Waals surface area contributed by atoms with Crippen molar-refractivity contribution in [2.45, 2.75) is 33.7 Å². The smallest absolute Gasteiger partial charge is 0.0564 e. The molecule has 0 unspecified atom stereocenters. The Morgan fingerprint density at radius 1 is 1.05 bits per heavy atom. The number of nitrogens with two attached hydrogens (primary N) is 1. The van der Waals surface area contributed by atoms with Gasteiger partial charge in [-0.3, -0.25) is 9.88 Å². The Balaban J connectivity index is 2.37. The lowest BCUT2D eigenvalue weighted by Crippen LogP contribution is -2.30. The summed E-state index contributed by atoms with van der Waals surface area (Å²) in [4.78, 5) is 9.26. The number of anilines is 1. The molecule has 108 valence electrons. The molecular weight excluding hydrogens is 236 g/mol. The highest BCUT2D eigenvalue weighted by Crippen LogP contribution is 2.07. The zero-order chi connectivity index (χ0) is 14.1. The van der Waals surface area contributed by atoms with E-state index < -0.39 is 0 Å². The molecule has 0 aliphatic heterocycles. The molecule has 0 amide bonds. The molecule has 0 aromatic carbocycles. The molecule has 0 saturated heterocycles. The van der Waals surface area contributed by atoms with Gasteiger partial charge in [-0.05, 0) is 51.3 Å². The zero-order valence-electron chi connectivity index (χ0n) is 12.6. The van der Waals surface area contributed by atoms with Crippen LogP contribution in [0.3, 0.4) is 0 Å². The first-order valence-electron chi connectivity index (χ1n) is 7.34. The third-order valence-electron chi connectivity index (χ3n) is 3.52. The first-order chi connectivity index (χ1) is 9.19. The number of hydrogen-bond donors (Lipinski definition) is 1. The summed E-state index contributed by atoms with van der Waals surface area (Å²) in [6.45, 7) is 13.1. The molecule has 0 spiro atoms. The number of hydrogen-bond acceptors (Lipinski definition) is 4. The van der Waals surface area contributed by atoms with E-state index in [0.717, 1.165) is 44.1 Å². The van der Waals surface area contributed by atoms with E-state index in [2.05, 4.69) is 35.6 Å². The van der Waals surface area contributed by atoms with Crippen molar-refractivity contribution in [3.05, 3.63) is 24.0 Å². The Bertz CT molecular complexity index is 350. The molecule has 0 atom stereocenters. The number of nitrogen functional groups attached to an aromatic ring is 1. The number of pyridine rings is 1. The minimum atomic E-state index is 0.796. The van der Waals surface area contributed by atoms with Crippen LogP contribution in [0.1, 0.15) is 32.9 Å². The molecule has 0 radical (unpaired) electrons. The van der Waals surface area contributed by atoms with Crippen molar-refractivity contribution in [2.24, 2.45) is 0 Å². The molecule has 2 N–H and O–H groups in total. The van der Waals surface area contributed by atoms with E-state index in [0.29, 0.717) is 0 Å². The van der Waals surface area contributed by atoms with Gasteiger partial charge in [-0.25, -0.2) is 0 Å². The van der Waals surface area contributed by atoms with Crippen LogP contribution in [-0.4, -0.2) is 47.5 Å². The SMILES string of the molecule is CCN(CC)CCCN(CC)Cc1cc(N)ccn1. The van der Waals surface area contributed by atoms with Crippen molar-refractivity contribution in [3.8, 4) is 0 Å². The van der Waals surface area contributed by atoms with Crippen molar-refractivity contribution in [1.29, 1.82) is 0 Å². The average molecular weight is 264 g/mol. The maximum Gasteiger partial charge on any atom is 0.0564 e. The minimum Gasteiger partial charge on any atom is -0.399 e. The molecule has 1 aromatic heterocycles. The topological polar surface area (TPSA) is 45.4 Å². The van der Waals surface area contributed by atoms with E-state index in [-0.39, 0.29) is 0 Å². The summed E-state index contributed by atoms with van der Waals surface area (Å²) >= 11 is 0. The van der Waals surface area contributed by atoms with Gasteiger partial charge in [0.25, 0.3) is 0 Å². The van der Waals surface area contributed by atoms with Crippen LogP contribution in [0.4, 0.5) is 5.69 Å². The van der Waals surface area contributed by atoms with Crippen LogP contribution < -0.4 is 5.73 Å². The lowest BCUT2D eigenvalue weighted by Gasteiger charge is -2.23. The fourth-order valence-electron chi connectivity index (χ4n) is 2.22. The third-order valence-corrected chi connectivity index (χ3v) is 3.52. The van der Waals surface area contributed by atoms with E-state index in [4.69, 9.17) is 5.73 Å². The monoisotopic (exact) mass is 264 g/mol. The molecule has 19 heavy (non-hydrogen) atoms. The molecular formula is C15H28N4. The molecule has 0 fully saturated rings. The van der Waals surface area contributed by atoms with Crippen molar-refractivity contribution >= 4 is 5.69 Å². The highest BCUT2D eigenvalue weighted by Gasteiger charge is 2.06. The first kappa shape index (κ1) is 15.9. The summed E-state index contributed by atoms with van der Waals surface area (Å²) < 4.78 is 0. The molecule has 1 rings (SSSR count). The molecule has 0 aliphatic rings. The number of rotatable bonds is 9. The van der Waals surface area contributed by atoms with Gasteiger partial charge < -0.3 is 10.6 Å². The summed E-state index contributed by atoms with van der Waals surface area (Å²) in [5, 5.41) is 0. The second-order valence-corrected chi connectivity index (χ2v) is 4.83. The predicted molar refractivity (Wildman–Crippen MR) is 82.0 cm³/mol. The van der Waals surface area contributed by atoms with Gasteiger partial charge in [0.1, 0.15) is 0 Å². The average Bonchev–Trinajstić information content (AvgIpc) is 2.42. The molecule has 0 saturated carbocycles. The normalized spacial score (nSPS) is 11.4. The largest absolute Gasteiger partial charge is 0.399 e. The predicted octanol–water partition coefficient (Wildman–Crippen LogP) is 2.22. The summed E-state index contributed by atoms with van der Waals surface area (Å²) in [6, 6.07) is 3.80. The van der Waals surface area contributed by atoms with Gasteiger partial charge in [-0.15, -0.1) is 0 Å². The quantitative estimate of drug-likeness (QED) is 0.743. The zero-order valence-corrected chi connectivity index (χ0v) is 12.6. The van der Waals surface area contributed by atoms with Crippen LogP contribution >= 0.6 is 0 Å². The third kappa shape index (κ3) is 6.03. The van der Waals surface area contributed by atoms with E-state index in [1.54, 1.807) is 6.20 Å². The summed E-state index contributed by atoms with van der Waals surface area (Å²) in [7, 11) is 0. The fourth-order valence-corrected chi connectivity index (χ4v) is 2.22. The van der Waals surface area contributed by atoms with E-state index in [1.807, 2.05) is 12.1 Å². The van der Waals surface area contributed by atoms with Gasteiger partial charge in [0.2, 0.25) is 0 Å². The molecule has 4 nitrogen and oxygen atoms in total. The Morgan fingerprint density at radius 2 is 1.68 bits per heavy atom. The Morgan fingerprint density at radius 3 is 2.26 bits per heavy atom. The minimum absolute atomic E-state index is 0.796. The second kappa shape index (κ2) is 8.88. The lowest BCUT2D eigenvalue weighted by molar-refractivity contribution is 0.237. The highest BCUT2D eigenvalue weighted by molar-refractivity contribution is 5.37. The van der Waals surface area contributed by atoms with Crippen molar-refractivity contribution < 1.29 is 0 Å². The van der Waals surface area contributed by atoms with Crippen LogP contribution in [0.5, 0.6) is 0 Å². The van der Waals surface area contributed by atoms with Gasteiger partial charge >= 0.3 is 0 Å². The van der Waals surface area contributed by atoms with Crippen LogP contribution in [0, 0.1) is 0 Å². The summed E-state index contributed by atoms with van der Waals surface area (Å²) in [6.07, 6.45) is 2.99. The lowest BCUT2D eigenvalue weighted by atomic mass is 10.2. The molecule has 4 heteroatoms. The Kier molecular flexibility index (Phi) is 7.45. The van der Waals surface area contributed by atoms with Crippen LogP contribution in [0.2, 0.25) is 0 Å². The van der Waals surface area contributed by atoms with Gasteiger partial charge in [0, 0.05) is 18.4 Å². The maximum atomic E-state index is 5.79.